The number of thiocarbonyl (C=S) groups is 1. The number of carbonyl (C=O) groups excluding carboxylic acids is 2. The number of hydrogen-bond acceptors (Lipinski definition) is 15. The molecule has 0 bridgehead atoms. The molecular weight excluding hydrogens is 939 g/mol. The summed E-state index contributed by atoms with van der Waals surface area (Å²) in [5.41, 5.74) is 1.54. The van der Waals surface area contributed by atoms with Gasteiger partial charge in [-0.1, -0.05) is 5.21 Å². The van der Waals surface area contributed by atoms with Gasteiger partial charge in [-0.3, -0.25) is 19.1 Å². The van der Waals surface area contributed by atoms with Gasteiger partial charge in [0.2, 0.25) is 6.29 Å². The fraction of sp³-hybridized carbons (Fsp3) is 0.618. The SMILES string of the molecule is O=C1C(Br)=C(Br)C(=O)N1CCOCCOCCOCCOCCn1cc(CCCCNC(=S)Nc2ccc(O[C@H]3O[C@H](CCP(=O)(O)O)[C@@H](O)[C@H](O)[C@@H]3O)cc2)nn1. The van der Waals surface area contributed by atoms with E-state index in [9.17, 15) is 29.5 Å². The lowest BCUT2D eigenvalue weighted by Crippen LogP contribution is -2.59. The highest BCUT2D eigenvalue weighted by atomic mass is 79.9. The quantitative estimate of drug-likeness (QED) is 0.0297. The maximum absolute atomic E-state index is 11.9. The molecule has 2 aliphatic rings. The van der Waals surface area contributed by atoms with Crippen molar-refractivity contribution in [1.29, 1.82) is 0 Å². The number of benzene rings is 1. The van der Waals surface area contributed by atoms with Gasteiger partial charge in [0.25, 0.3) is 11.8 Å². The molecule has 3 heterocycles. The van der Waals surface area contributed by atoms with E-state index in [0.717, 1.165) is 29.9 Å². The number of carbonyl (C=O) groups is 2. The summed E-state index contributed by atoms with van der Waals surface area (Å²) in [6.45, 7) is 4.36. The number of anilines is 1. The minimum Gasteiger partial charge on any atom is -0.462 e. The summed E-state index contributed by atoms with van der Waals surface area (Å²) in [7, 11) is -4.36. The average molecular weight is 989 g/mol. The highest BCUT2D eigenvalue weighted by molar-refractivity contribution is 9.14. The zero-order chi connectivity index (χ0) is 42.1. The molecule has 0 unspecified atom stereocenters. The number of nitrogens with one attached hydrogen (secondary N) is 2. The van der Waals surface area contributed by atoms with E-state index >= 15 is 0 Å². The molecule has 0 radical (unpaired) electrons. The van der Waals surface area contributed by atoms with E-state index in [1.54, 1.807) is 28.9 Å². The minimum atomic E-state index is -4.36. The number of nitrogens with zero attached hydrogens (tertiary/aromatic N) is 4. The topological polar surface area (TPSA) is 266 Å². The van der Waals surface area contributed by atoms with Crippen molar-refractivity contribution in [3.8, 4) is 5.75 Å². The van der Waals surface area contributed by atoms with Crippen LogP contribution in [0.25, 0.3) is 0 Å². The maximum atomic E-state index is 11.9. The van der Waals surface area contributed by atoms with Crippen LogP contribution in [0.5, 0.6) is 5.75 Å². The van der Waals surface area contributed by atoms with Gasteiger partial charge >= 0.3 is 7.60 Å². The number of imide groups is 1. The van der Waals surface area contributed by atoms with Crippen molar-refractivity contribution in [2.45, 2.75) is 62.9 Å². The fourth-order valence-electron chi connectivity index (χ4n) is 5.47. The number of ether oxygens (including phenoxy) is 6. The van der Waals surface area contributed by atoms with E-state index in [4.69, 9.17) is 50.4 Å². The second-order valence-corrected chi connectivity index (χ2v) is 16.8. The molecule has 4 rings (SSSR count). The largest absolute Gasteiger partial charge is 0.462 e. The third-order valence-corrected chi connectivity index (χ3v) is 11.7. The number of rotatable bonds is 26. The predicted molar refractivity (Wildman–Crippen MR) is 217 cm³/mol. The van der Waals surface area contributed by atoms with Crippen molar-refractivity contribution in [3.05, 3.63) is 45.1 Å². The van der Waals surface area contributed by atoms with Crippen LogP contribution >= 0.6 is 51.7 Å². The first kappa shape index (κ1) is 48.2. The molecule has 2 aromatic rings. The summed E-state index contributed by atoms with van der Waals surface area (Å²) in [5, 5.41) is 45.7. The third kappa shape index (κ3) is 16.2. The van der Waals surface area contributed by atoms with Crippen molar-refractivity contribution in [2.75, 3.05) is 77.4 Å². The minimum absolute atomic E-state index is 0.160. The summed E-state index contributed by atoms with van der Waals surface area (Å²) in [5.74, 6) is -0.497. The summed E-state index contributed by atoms with van der Waals surface area (Å²) in [6.07, 6.45) is -3.74. The van der Waals surface area contributed by atoms with E-state index < -0.39 is 56.3 Å². The van der Waals surface area contributed by atoms with E-state index in [0.29, 0.717) is 70.1 Å². The van der Waals surface area contributed by atoms with E-state index in [2.05, 4.69) is 52.8 Å². The monoisotopic (exact) mass is 986 g/mol. The highest BCUT2D eigenvalue weighted by Crippen LogP contribution is 2.37. The molecule has 1 fully saturated rings. The van der Waals surface area contributed by atoms with Gasteiger partial charge in [0.15, 0.2) is 5.11 Å². The smallest absolute Gasteiger partial charge is 0.325 e. The second-order valence-electron chi connectivity index (χ2n) is 13.0. The first-order valence-electron chi connectivity index (χ1n) is 18.4. The maximum Gasteiger partial charge on any atom is 0.325 e. The zero-order valence-corrected chi connectivity index (χ0v) is 36.3. The first-order chi connectivity index (χ1) is 27.7. The molecule has 1 aromatic heterocycles. The molecule has 324 valence electrons. The third-order valence-electron chi connectivity index (χ3n) is 8.57. The van der Waals surface area contributed by atoms with Crippen LogP contribution in [0.15, 0.2) is 39.4 Å². The summed E-state index contributed by atoms with van der Waals surface area (Å²) < 4.78 is 46.6. The van der Waals surface area contributed by atoms with Gasteiger partial charge in [0, 0.05) is 18.4 Å². The van der Waals surface area contributed by atoms with Crippen molar-refractivity contribution < 1.29 is 67.7 Å². The number of halogens is 2. The fourth-order valence-corrected chi connectivity index (χ4v) is 7.04. The molecule has 24 heteroatoms. The number of unbranched alkanes of at least 4 members (excludes halogenated alkanes) is 1. The summed E-state index contributed by atoms with van der Waals surface area (Å²) >= 11 is 11.6. The van der Waals surface area contributed by atoms with Gasteiger partial charge in [-0.05, 0) is 94.0 Å². The van der Waals surface area contributed by atoms with Crippen molar-refractivity contribution >= 4 is 74.3 Å². The summed E-state index contributed by atoms with van der Waals surface area (Å²) in [4.78, 5) is 43.3. The van der Waals surface area contributed by atoms with Gasteiger partial charge < -0.3 is 64.2 Å². The van der Waals surface area contributed by atoms with Crippen molar-refractivity contribution in [3.63, 3.8) is 0 Å². The Balaban J connectivity index is 0.962. The lowest BCUT2D eigenvalue weighted by atomic mass is 9.97. The Morgan fingerprint density at radius 3 is 2.03 bits per heavy atom. The zero-order valence-electron chi connectivity index (χ0n) is 31.4. The molecule has 20 nitrogen and oxygen atoms in total. The Morgan fingerprint density at radius 2 is 1.43 bits per heavy atom. The lowest BCUT2D eigenvalue weighted by molar-refractivity contribution is -0.272. The molecular formula is C34H49Br2N6O14PS. The molecule has 0 saturated carbocycles. The second kappa shape index (κ2) is 24.7. The Labute approximate surface area is 356 Å². The van der Waals surface area contributed by atoms with Crippen LogP contribution in [0.3, 0.4) is 0 Å². The van der Waals surface area contributed by atoms with Crippen LogP contribution in [0.1, 0.15) is 25.0 Å². The Morgan fingerprint density at radius 1 is 0.845 bits per heavy atom. The molecule has 0 spiro atoms. The first-order valence-corrected chi connectivity index (χ1v) is 22.2. The van der Waals surface area contributed by atoms with Gasteiger partial charge in [-0.15, -0.1) is 5.10 Å². The van der Waals surface area contributed by atoms with Crippen LogP contribution in [0, 0.1) is 0 Å². The summed E-state index contributed by atoms with van der Waals surface area (Å²) in [6, 6.07) is 6.54. The molecule has 5 atom stereocenters. The standard InChI is InChI=1S/C34H49Br2N6O14PS/c35-26-27(36)32(47)42(31(26)46)11-13-52-15-17-54-19-18-53-16-14-51-12-10-41-21-23(39-40-41)3-1-2-9-37-34(58)38-22-4-6-24(7-5-22)55-33-30(45)29(44)28(43)25(56-33)8-20-57(48,49)50/h4-7,21,25,28-30,33,43-45H,1-3,8-20H2,(H2,37,38,58)(H2,48,49,50)/t25-,28-,29+,30+,33+/m1/s1. The molecule has 0 aliphatic carbocycles. The Kier molecular flexibility index (Phi) is 20.5. The highest BCUT2D eigenvalue weighted by Gasteiger charge is 2.45. The molecule has 7 N–H and O–H groups in total. The molecule has 2 aliphatic heterocycles. The number of aliphatic hydroxyl groups excluding tert-OH is 3. The lowest BCUT2D eigenvalue weighted by Gasteiger charge is -2.40. The number of aromatic nitrogens is 3. The van der Waals surface area contributed by atoms with Crippen LogP contribution in [-0.2, 0) is 50.8 Å². The van der Waals surface area contributed by atoms with Gasteiger partial charge in [0.1, 0.15) is 33.0 Å². The van der Waals surface area contributed by atoms with Gasteiger partial charge in [0.05, 0.1) is 83.9 Å². The van der Waals surface area contributed by atoms with Crippen molar-refractivity contribution in [1.82, 2.24) is 25.2 Å². The van der Waals surface area contributed by atoms with E-state index in [1.807, 2.05) is 6.20 Å². The number of aliphatic hydroxyl groups is 3. The average Bonchev–Trinajstić information content (AvgIpc) is 3.72. The Bertz CT molecular complexity index is 1680. The molecule has 2 amide bonds. The van der Waals surface area contributed by atoms with Crippen molar-refractivity contribution in [2.24, 2.45) is 0 Å². The van der Waals surface area contributed by atoms with Gasteiger partial charge in [-0.2, -0.15) is 0 Å². The molecule has 58 heavy (non-hydrogen) atoms. The van der Waals surface area contributed by atoms with E-state index in [-0.39, 0.29) is 34.3 Å². The van der Waals surface area contributed by atoms with Crippen LogP contribution < -0.4 is 15.4 Å². The predicted octanol–water partition coefficient (Wildman–Crippen LogP) is 0.778. The number of hydrogen-bond donors (Lipinski definition) is 7. The van der Waals surface area contributed by atoms with Crippen LogP contribution in [0.2, 0.25) is 0 Å². The molecule has 1 saturated heterocycles. The normalized spacial score (nSPS) is 21.2. The van der Waals surface area contributed by atoms with E-state index in [1.165, 1.54) is 0 Å². The van der Waals surface area contributed by atoms with Crippen LogP contribution in [-0.4, -0.2) is 165 Å². The molecule has 1 aromatic carbocycles. The number of amides is 2. The van der Waals surface area contributed by atoms with Gasteiger partial charge in [-0.25, -0.2) is 4.68 Å². The Hall–Kier alpha value is -2.48. The van der Waals surface area contributed by atoms with Crippen LogP contribution in [0.4, 0.5) is 5.69 Å². The number of aryl methyl sites for hydroxylation is 1.